The number of para-hydroxylation sites is 1. The van der Waals surface area contributed by atoms with Gasteiger partial charge in [0.25, 0.3) is 5.91 Å². The maximum Gasteiger partial charge on any atom is 0.252 e. The van der Waals surface area contributed by atoms with Crippen LogP contribution in [0.2, 0.25) is 5.02 Å². The molecule has 1 unspecified atom stereocenters. The molecule has 0 spiro atoms. The summed E-state index contributed by atoms with van der Waals surface area (Å²) in [4.78, 5) is 18.5. The SMILES string of the molecule is O=C(NCC(c1ccc(Oc2ccccc2)cc1)N1CCOCC1)c1ccc2[nH]ccc2c1Cl. The quantitative estimate of drug-likeness (QED) is 0.374. The second kappa shape index (κ2) is 10.3. The van der Waals surface area contributed by atoms with Gasteiger partial charge in [-0.1, -0.05) is 41.9 Å². The Hall–Kier alpha value is -3.32. The largest absolute Gasteiger partial charge is 0.457 e. The number of benzene rings is 3. The Morgan fingerprint density at radius 2 is 1.74 bits per heavy atom. The minimum Gasteiger partial charge on any atom is -0.457 e. The molecule has 7 heteroatoms. The molecule has 6 nitrogen and oxygen atoms in total. The lowest BCUT2D eigenvalue weighted by Crippen LogP contribution is -2.43. The van der Waals surface area contributed by atoms with E-state index < -0.39 is 0 Å². The van der Waals surface area contributed by atoms with Gasteiger partial charge in [0.1, 0.15) is 11.5 Å². The van der Waals surface area contributed by atoms with E-state index in [1.807, 2.05) is 60.8 Å². The van der Waals surface area contributed by atoms with Gasteiger partial charge in [-0.25, -0.2) is 0 Å². The summed E-state index contributed by atoms with van der Waals surface area (Å²) in [7, 11) is 0. The van der Waals surface area contributed by atoms with Gasteiger partial charge in [-0.15, -0.1) is 0 Å². The van der Waals surface area contributed by atoms with Crippen molar-refractivity contribution in [2.24, 2.45) is 0 Å². The van der Waals surface area contributed by atoms with E-state index in [-0.39, 0.29) is 11.9 Å². The van der Waals surface area contributed by atoms with E-state index in [9.17, 15) is 4.79 Å². The van der Waals surface area contributed by atoms with Crippen molar-refractivity contribution >= 4 is 28.4 Å². The van der Waals surface area contributed by atoms with E-state index in [1.165, 1.54) is 0 Å². The molecule has 0 bridgehead atoms. The molecule has 1 aliphatic rings. The molecule has 2 heterocycles. The predicted molar refractivity (Wildman–Crippen MR) is 134 cm³/mol. The summed E-state index contributed by atoms with van der Waals surface area (Å²) in [5.41, 5.74) is 2.49. The lowest BCUT2D eigenvalue weighted by atomic mass is 10.0. The zero-order valence-electron chi connectivity index (χ0n) is 18.7. The molecule has 4 aromatic rings. The van der Waals surface area contributed by atoms with Crippen molar-refractivity contribution in [2.45, 2.75) is 6.04 Å². The van der Waals surface area contributed by atoms with Crippen LogP contribution in [0.5, 0.6) is 11.5 Å². The zero-order chi connectivity index (χ0) is 23.3. The second-order valence-corrected chi connectivity index (χ2v) is 8.60. The van der Waals surface area contributed by atoms with E-state index in [2.05, 4.69) is 27.3 Å². The van der Waals surface area contributed by atoms with Gasteiger partial charge >= 0.3 is 0 Å². The molecule has 2 N–H and O–H groups in total. The van der Waals surface area contributed by atoms with Gasteiger partial charge in [-0.05, 0) is 48.0 Å². The second-order valence-electron chi connectivity index (χ2n) is 8.22. The Balaban J connectivity index is 1.32. The number of aromatic amines is 1. The van der Waals surface area contributed by atoms with Crippen molar-refractivity contribution in [3.8, 4) is 11.5 Å². The number of rotatable bonds is 7. The van der Waals surface area contributed by atoms with Crippen molar-refractivity contribution in [3.05, 3.63) is 95.1 Å². The third-order valence-electron chi connectivity index (χ3n) is 6.10. The minimum absolute atomic E-state index is 0.00777. The molecule has 1 fully saturated rings. The number of amides is 1. The number of carbonyl (C=O) groups excluding carboxylic acids is 1. The van der Waals surface area contributed by atoms with Crippen molar-refractivity contribution in [1.29, 1.82) is 0 Å². The van der Waals surface area contributed by atoms with Crippen LogP contribution in [0.1, 0.15) is 22.0 Å². The van der Waals surface area contributed by atoms with Gasteiger partial charge in [-0.3, -0.25) is 9.69 Å². The number of aromatic nitrogens is 1. The van der Waals surface area contributed by atoms with Gasteiger partial charge in [0, 0.05) is 36.7 Å². The molecular formula is C27H26ClN3O3. The third-order valence-corrected chi connectivity index (χ3v) is 6.51. The number of nitrogens with one attached hydrogen (secondary N) is 2. The first-order chi connectivity index (χ1) is 16.7. The van der Waals surface area contributed by atoms with E-state index in [4.69, 9.17) is 21.1 Å². The standard InChI is InChI=1S/C27H26ClN3O3/c28-26-22-12-13-29-24(22)11-10-23(26)27(32)30-18-25(31-14-16-33-17-15-31)19-6-8-21(9-7-19)34-20-4-2-1-3-5-20/h1-13,25,29H,14-18H2,(H,30,32). The summed E-state index contributed by atoms with van der Waals surface area (Å²) in [6, 6.07) is 23.3. The zero-order valence-corrected chi connectivity index (χ0v) is 19.4. The topological polar surface area (TPSA) is 66.6 Å². The first-order valence-electron chi connectivity index (χ1n) is 11.4. The lowest BCUT2D eigenvalue weighted by molar-refractivity contribution is 0.0162. The van der Waals surface area contributed by atoms with E-state index in [0.29, 0.717) is 30.3 Å². The molecule has 5 rings (SSSR count). The summed E-state index contributed by atoms with van der Waals surface area (Å²) in [5, 5.41) is 4.40. The smallest absolute Gasteiger partial charge is 0.252 e. The Kier molecular flexibility index (Phi) is 6.81. The molecule has 3 aromatic carbocycles. The number of halogens is 1. The molecule has 1 aromatic heterocycles. The average Bonchev–Trinajstić information content (AvgIpc) is 3.36. The Bertz CT molecular complexity index is 1250. The Morgan fingerprint density at radius 3 is 2.50 bits per heavy atom. The highest BCUT2D eigenvalue weighted by atomic mass is 35.5. The molecule has 1 atom stereocenters. The number of ether oxygens (including phenoxy) is 2. The van der Waals surface area contributed by atoms with Gasteiger partial charge < -0.3 is 19.8 Å². The lowest BCUT2D eigenvalue weighted by Gasteiger charge is -2.35. The number of nitrogens with zero attached hydrogens (tertiary/aromatic N) is 1. The van der Waals surface area contributed by atoms with Gasteiger partial charge in [0.15, 0.2) is 0 Å². The molecule has 1 aliphatic heterocycles. The summed E-state index contributed by atoms with van der Waals surface area (Å²) in [6.45, 7) is 3.42. The van der Waals surface area contributed by atoms with E-state index in [0.717, 1.165) is 41.1 Å². The van der Waals surface area contributed by atoms with Crippen molar-refractivity contribution in [1.82, 2.24) is 15.2 Å². The van der Waals surface area contributed by atoms with Crippen molar-refractivity contribution < 1.29 is 14.3 Å². The molecule has 174 valence electrons. The minimum atomic E-state index is -0.185. The van der Waals surface area contributed by atoms with Gasteiger partial charge in [-0.2, -0.15) is 0 Å². The van der Waals surface area contributed by atoms with Crippen LogP contribution in [0, 0.1) is 0 Å². The average molecular weight is 476 g/mol. The molecule has 34 heavy (non-hydrogen) atoms. The molecule has 0 saturated carbocycles. The van der Waals surface area contributed by atoms with Crippen LogP contribution >= 0.6 is 11.6 Å². The maximum atomic E-state index is 13.0. The highest BCUT2D eigenvalue weighted by molar-refractivity contribution is 6.38. The highest BCUT2D eigenvalue weighted by Gasteiger charge is 2.24. The molecule has 1 saturated heterocycles. The fraction of sp³-hybridized carbons (Fsp3) is 0.222. The first kappa shape index (κ1) is 22.5. The van der Waals surface area contributed by atoms with Crippen LogP contribution < -0.4 is 10.1 Å². The molecule has 0 aliphatic carbocycles. The van der Waals surface area contributed by atoms with Crippen LogP contribution in [0.15, 0.2) is 79.0 Å². The summed E-state index contributed by atoms with van der Waals surface area (Å²) < 4.78 is 11.5. The van der Waals surface area contributed by atoms with Crippen molar-refractivity contribution in [2.75, 3.05) is 32.8 Å². The van der Waals surface area contributed by atoms with Crippen LogP contribution in [0.3, 0.4) is 0 Å². The van der Waals surface area contributed by atoms with Crippen LogP contribution in [0.4, 0.5) is 0 Å². The number of fused-ring (bicyclic) bond motifs is 1. The number of hydrogen-bond donors (Lipinski definition) is 2. The first-order valence-corrected chi connectivity index (χ1v) is 11.8. The summed E-state index contributed by atoms with van der Waals surface area (Å²) in [6.07, 6.45) is 1.82. The molecular weight excluding hydrogens is 450 g/mol. The maximum absolute atomic E-state index is 13.0. The summed E-state index contributed by atoms with van der Waals surface area (Å²) >= 11 is 6.52. The van der Waals surface area contributed by atoms with Crippen LogP contribution in [0.25, 0.3) is 10.9 Å². The third kappa shape index (κ3) is 4.94. The normalized spacial score (nSPS) is 15.2. The molecule has 0 radical (unpaired) electrons. The number of H-pyrrole nitrogens is 1. The van der Waals surface area contributed by atoms with Gasteiger partial charge in [0.2, 0.25) is 0 Å². The fourth-order valence-corrected chi connectivity index (χ4v) is 4.60. The highest BCUT2D eigenvalue weighted by Crippen LogP contribution is 2.28. The molecule has 1 amide bonds. The van der Waals surface area contributed by atoms with Crippen LogP contribution in [-0.2, 0) is 4.74 Å². The Labute approximate surface area is 203 Å². The fourth-order valence-electron chi connectivity index (χ4n) is 4.29. The van der Waals surface area contributed by atoms with E-state index >= 15 is 0 Å². The predicted octanol–water partition coefficient (Wildman–Crippen LogP) is 5.42. The van der Waals surface area contributed by atoms with E-state index in [1.54, 1.807) is 6.07 Å². The summed E-state index contributed by atoms with van der Waals surface area (Å²) in [5.74, 6) is 1.38. The van der Waals surface area contributed by atoms with Crippen LogP contribution in [-0.4, -0.2) is 48.6 Å². The Morgan fingerprint density at radius 1 is 1.00 bits per heavy atom. The van der Waals surface area contributed by atoms with Gasteiger partial charge in [0.05, 0.1) is 29.8 Å². The monoisotopic (exact) mass is 475 g/mol. The van der Waals surface area contributed by atoms with Crippen molar-refractivity contribution in [3.63, 3.8) is 0 Å². The number of hydrogen-bond acceptors (Lipinski definition) is 4. The number of carbonyl (C=O) groups is 1. The number of morpholine rings is 1.